The summed E-state index contributed by atoms with van der Waals surface area (Å²) in [5, 5.41) is 3.33. The lowest BCUT2D eigenvalue weighted by molar-refractivity contribution is 0.409. The molecule has 0 spiro atoms. The summed E-state index contributed by atoms with van der Waals surface area (Å²) in [5.74, 6) is 0.853. The maximum Gasteiger partial charge on any atom is 0.152 e. The molecule has 0 aliphatic carbocycles. The first kappa shape index (κ1) is 10.9. The molecule has 1 aliphatic rings. The number of piperazine rings is 1. The van der Waals surface area contributed by atoms with Gasteiger partial charge in [-0.25, -0.2) is 4.98 Å². The second-order valence-corrected chi connectivity index (χ2v) is 4.45. The molecule has 15 heavy (non-hydrogen) atoms. The molecule has 2 heterocycles. The van der Waals surface area contributed by atoms with E-state index in [1.807, 2.05) is 6.20 Å². The zero-order valence-corrected chi connectivity index (χ0v) is 10.8. The Bertz CT molecular complexity index is 339. The third-order valence-corrected chi connectivity index (χ3v) is 3.30. The second kappa shape index (κ2) is 4.98. The lowest BCUT2D eigenvalue weighted by Crippen LogP contribution is -2.43. The van der Waals surface area contributed by atoms with Crippen LogP contribution in [0.3, 0.4) is 0 Å². The van der Waals surface area contributed by atoms with E-state index in [9.17, 15) is 0 Å². The van der Waals surface area contributed by atoms with Crippen LogP contribution in [-0.4, -0.2) is 38.3 Å². The number of nitrogens with zero attached hydrogens (tertiary/aromatic N) is 2. The summed E-state index contributed by atoms with van der Waals surface area (Å²) in [6.45, 7) is 4.14. The van der Waals surface area contributed by atoms with Gasteiger partial charge in [-0.15, -0.1) is 0 Å². The van der Waals surface area contributed by atoms with Crippen molar-refractivity contribution in [3.05, 3.63) is 16.0 Å². The van der Waals surface area contributed by atoms with Crippen molar-refractivity contribution in [2.75, 3.05) is 38.2 Å². The summed E-state index contributed by atoms with van der Waals surface area (Å²) in [7, 11) is 1.68. The Morgan fingerprint density at radius 1 is 1.47 bits per heavy atom. The normalized spacial score (nSPS) is 16.5. The van der Waals surface area contributed by atoms with Crippen molar-refractivity contribution in [1.82, 2.24) is 10.3 Å². The first-order valence-electron chi connectivity index (χ1n) is 4.96. The minimum Gasteiger partial charge on any atom is -0.494 e. The number of anilines is 1. The average molecular weight is 319 g/mol. The summed E-state index contributed by atoms with van der Waals surface area (Å²) >= 11 is 2.18. The lowest BCUT2D eigenvalue weighted by Gasteiger charge is -2.29. The highest BCUT2D eigenvalue weighted by Crippen LogP contribution is 2.24. The van der Waals surface area contributed by atoms with Gasteiger partial charge in [-0.05, 0) is 22.6 Å². The number of rotatable bonds is 2. The van der Waals surface area contributed by atoms with Crippen LogP contribution in [0, 0.1) is 3.70 Å². The molecular weight excluding hydrogens is 305 g/mol. The van der Waals surface area contributed by atoms with Crippen molar-refractivity contribution in [3.63, 3.8) is 0 Å². The predicted molar refractivity (Wildman–Crippen MR) is 68.6 cm³/mol. The SMILES string of the molecule is COc1cc(N2CCNCC2)cnc1I. The Balaban J connectivity index is 2.20. The number of pyridine rings is 1. The molecule has 2 rings (SSSR count). The molecule has 4 nitrogen and oxygen atoms in total. The van der Waals surface area contributed by atoms with Gasteiger partial charge in [-0.2, -0.15) is 0 Å². The molecule has 0 unspecified atom stereocenters. The highest BCUT2D eigenvalue weighted by Gasteiger charge is 2.12. The summed E-state index contributed by atoms with van der Waals surface area (Å²) in [6.07, 6.45) is 1.91. The topological polar surface area (TPSA) is 37.4 Å². The van der Waals surface area contributed by atoms with Gasteiger partial charge < -0.3 is 15.0 Å². The zero-order valence-electron chi connectivity index (χ0n) is 8.66. The van der Waals surface area contributed by atoms with Crippen LogP contribution >= 0.6 is 22.6 Å². The molecule has 0 saturated carbocycles. The Hall–Kier alpha value is -0.560. The van der Waals surface area contributed by atoms with Gasteiger partial charge in [-0.1, -0.05) is 0 Å². The molecule has 5 heteroatoms. The molecule has 1 aromatic rings. The molecule has 0 atom stereocenters. The molecule has 0 radical (unpaired) electrons. The molecule has 1 fully saturated rings. The van der Waals surface area contributed by atoms with E-state index in [1.54, 1.807) is 7.11 Å². The Morgan fingerprint density at radius 3 is 2.87 bits per heavy atom. The molecule has 1 aliphatic heterocycles. The summed E-state index contributed by atoms with van der Waals surface area (Å²) in [4.78, 5) is 6.65. The summed E-state index contributed by atoms with van der Waals surface area (Å²) in [6, 6.07) is 2.06. The quantitative estimate of drug-likeness (QED) is 0.654. The average Bonchev–Trinajstić information content (AvgIpc) is 2.31. The van der Waals surface area contributed by atoms with Gasteiger partial charge in [0.2, 0.25) is 0 Å². The van der Waals surface area contributed by atoms with Crippen molar-refractivity contribution < 1.29 is 4.74 Å². The first-order chi connectivity index (χ1) is 7.31. The van der Waals surface area contributed by atoms with Crippen molar-refractivity contribution in [2.24, 2.45) is 0 Å². The number of hydrogen-bond acceptors (Lipinski definition) is 4. The fraction of sp³-hybridized carbons (Fsp3) is 0.500. The van der Waals surface area contributed by atoms with Crippen LogP contribution in [0.25, 0.3) is 0 Å². The van der Waals surface area contributed by atoms with E-state index in [0.717, 1.165) is 41.3 Å². The van der Waals surface area contributed by atoms with Gasteiger partial charge in [-0.3, -0.25) is 0 Å². The summed E-state index contributed by atoms with van der Waals surface area (Å²) in [5.41, 5.74) is 1.15. The molecule has 1 N–H and O–H groups in total. The van der Waals surface area contributed by atoms with Crippen LogP contribution < -0.4 is 15.0 Å². The third-order valence-electron chi connectivity index (χ3n) is 2.49. The fourth-order valence-corrected chi connectivity index (χ4v) is 2.17. The largest absolute Gasteiger partial charge is 0.494 e. The Labute approximate surface area is 103 Å². The van der Waals surface area contributed by atoms with E-state index in [-0.39, 0.29) is 0 Å². The van der Waals surface area contributed by atoms with Crippen LogP contribution in [-0.2, 0) is 0 Å². The molecule has 1 saturated heterocycles. The smallest absolute Gasteiger partial charge is 0.152 e. The number of halogens is 1. The van der Waals surface area contributed by atoms with Gasteiger partial charge in [0.15, 0.2) is 5.75 Å². The maximum absolute atomic E-state index is 5.26. The van der Waals surface area contributed by atoms with Crippen LogP contribution in [0.2, 0.25) is 0 Å². The van der Waals surface area contributed by atoms with Crippen LogP contribution in [0.4, 0.5) is 5.69 Å². The van der Waals surface area contributed by atoms with Gasteiger partial charge >= 0.3 is 0 Å². The van der Waals surface area contributed by atoms with E-state index < -0.39 is 0 Å². The number of methoxy groups -OCH3 is 1. The van der Waals surface area contributed by atoms with E-state index in [2.05, 4.69) is 43.9 Å². The third kappa shape index (κ3) is 2.52. The molecular formula is C10H14IN3O. The van der Waals surface area contributed by atoms with Crippen molar-refractivity contribution in [1.29, 1.82) is 0 Å². The molecule has 0 amide bonds. The van der Waals surface area contributed by atoms with E-state index in [0.29, 0.717) is 0 Å². The van der Waals surface area contributed by atoms with Crippen molar-refractivity contribution >= 4 is 28.3 Å². The second-order valence-electron chi connectivity index (χ2n) is 3.42. The molecule has 82 valence electrons. The minimum absolute atomic E-state index is 0.853. The number of ether oxygens (including phenoxy) is 1. The number of hydrogen-bond donors (Lipinski definition) is 1. The highest BCUT2D eigenvalue weighted by molar-refractivity contribution is 14.1. The molecule has 1 aromatic heterocycles. The number of aromatic nitrogens is 1. The molecule has 0 bridgehead atoms. The van der Waals surface area contributed by atoms with Crippen LogP contribution in [0.15, 0.2) is 12.3 Å². The minimum atomic E-state index is 0.853. The fourth-order valence-electron chi connectivity index (χ4n) is 1.66. The van der Waals surface area contributed by atoms with Gasteiger partial charge in [0.1, 0.15) is 3.70 Å². The standard InChI is InChI=1S/C10H14IN3O/c1-15-9-6-8(7-13-10(9)11)14-4-2-12-3-5-14/h6-7,12H,2-5H2,1H3. The monoisotopic (exact) mass is 319 g/mol. The lowest BCUT2D eigenvalue weighted by atomic mass is 10.3. The van der Waals surface area contributed by atoms with Gasteiger partial charge in [0.05, 0.1) is 19.0 Å². The predicted octanol–water partition coefficient (Wildman–Crippen LogP) is 1.10. The van der Waals surface area contributed by atoms with Crippen molar-refractivity contribution in [2.45, 2.75) is 0 Å². The molecule has 0 aromatic carbocycles. The Kier molecular flexibility index (Phi) is 3.63. The maximum atomic E-state index is 5.26. The summed E-state index contributed by atoms with van der Waals surface area (Å²) < 4.78 is 6.18. The zero-order chi connectivity index (χ0) is 10.7. The van der Waals surface area contributed by atoms with E-state index in [1.165, 1.54) is 0 Å². The van der Waals surface area contributed by atoms with E-state index >= 15 is 0 Å². The van der Waals surface area contributed by atoms with Crippen LogP contribution in [0.5, 0.6) is 5.75 Å². The van der Waals surface area contributed by atoms with E-state index in [4.69, 9.17) is 4.74 Å². The van der Waals surface area contributed by atoms with Gasteiger partial charge in [0.25, 0.3) is 0 Å². The number of nitrogens with one attached hydrogen (secondary N) is 1. The van der Waals surface area contributed by atoms with Crippen molar-refractivity contribution in [3.8, 4) is 5.75 Å². The Morgan fingerprint density at radius 2 is 2.20 bits per heavy atom. The highest BCUT2D eigenvalue weighted by atomic mass is 127. The van der Waals surface area contributed by atoms with Crippen LogP contribution in [0.1, 0.15) is 0 Å². The van der Waals surface area contributed by atoms with Gasteiger partial charge in [0, 0.05) is 32.2 Å². The first-order valence-corrected chi connectivity index (χ1v) is 6.04.